The second-order valence-corrected chi connectivity index (χ2v) is 7.38. The van der Waals surface area contributed by atoms with Gasteiger partial charge in [0.2, 0.25) is 5.13 Å². The molecule has 1 aromatic heterocycles. The highest BCUT2D eigenvalue weighted by Crippen LogP contribution is 2.28. The number of rotatable bonds is 8. The predicted molar refractivity (Wildman–Crippen MR) is 102 cm³/mol. The van der Waals surface area contributed by atoms with Crippen molar-refractivity contribution in [1.29, 1.82) is 0 Å². The molecule has 0 atom stereocenters. The van der Waals surface area contributed by atoms with Crippen LogP contribution in [-0.4, -0.2) is 28.3 Å². The van der Waals surface area contributed by atoms with E-state index in [0.29, 0.717) is 27.3 Å². The molecule has 0 saturated carbocycles. The number of carbonyl (C=O) groups excluding carboxylic acids is 1. The van der Waals surface area contributed by atoms with Crippen LogP contribution in [0.25, 0.3) is 0 Å². The maximum atomic E-state index is 13.2. The van der Waals surface area contributed by atoms with Gasteiger partial charge in [0.15, 0.2) is 10.1 Å². The van der Waals surface area contributed by atoms with Crippen molar-refractivity contribution in [2.24, 2.45) is 0 Å². The Morgan fingerprint density at radius 1 is 1.23 bits per heavy atom. The Kier molecular flexibility index (Phi) is 6.19. The highest BCUT2D eigenvalue weighted by molar-refractivity contribution is 8.01. The van der Waals surface area contributed by atoms with Crippen LogP contribution < -0.4 is 10.1 Å². The molecule has 0 amide bonds. The van der Waals surface area contributed by atoms with Gasteiger partial charge in [0, 0.05) is 11.3 Å². The highest BCUT2D eigenvalue weighted by atomic mass is 32.2. The molecular formula is C18H16FN3O2S2. The molecule has 26 heavy (non-hydrogen) atoms. The lowest BCUT2D eigenvalue weighted by molar-refractivity contribution is 0.102. The molecule has 0 aliphatic heterocycles. The van der Waals surface area contributed by atoms with Gasteiger partial charge in [0.05, 0.1) is 12.4 Å². The lowest BCUT2D eigenvalue weighted by Gasteiger charge is -2.04. The van der Waals surface area contributed by atoms with Gasteiger partial charge in [-0.2, -0.15) is 0 Å². The van der Waals surface area contributed by atoms with E-state index in [0.717, 1.165) is 5.75 Å². The van der Waals surface area contributed by atoms with Gasteiger partial charge in [-0.05, 0) is 49.4 Å². The van der Waals surface area contributed by atoms with Gasteiger partial charge in [0.25, 0.3) is 0 Å². The van der Waals surface area contributed by atoms with Gasteiger partial charge in [-0.25, -0.2) is 4.39 Å². The number of hydrogen-bond acceptors (Lipinski definition) is 7. The number of aromatic nitrogens is 2. The van der Waals surface area contributed by atoms with Crippen LogP contribution in [0.3, 0.4) is 0 Å². The molecule has 0 aliphatic carbocycles. The second-order valence-electron chi connectivity index (χ2n) is 5.18. The van der Waals surface area contributed by atoms with Crippen LogP contribution in [0.2, 0.25) is 0 Å². The number of halogens is 1. The smallest absolute Gasteiger partial charge is 0.210 e. The van der Waals surface area contributed by atoms with Crippen molar-refractivity contribution in [3.05, 3.63) is 59.9 Å². The van der Waals surface area contributed by atoms with Crippen molar-refractivity contribution in [3.8, 4) is 5.75 Å². The molecule has 134 valence electrons. The highest BCUT2D eigenvalue weighted by Gasteiger charge is 2.11. The summed E-state index contributed by atoms with van der Waals surface area (Å²) in [7, 11) is 0. The standard InChI is InChI=1S/C18H16FN3O2S2/c1-2-24-15-8-6-12(7-9-15)16(23)11-25-18-22-21-17(26-18)20-14-5-3-4-13(19)10-14/h3-10H,2,11H2,1H3,(H,20,21). The third-order valence-electron chi connectivity index (χ3n) is 3.30. The number of carbonyl (C=O) groups is 1. The minimum Gasteiger partial charge on any atom is -0.494 e. The van der Waals surface area contributed by atoms with Crippen molar-refractivity contribution in [1.82, 2.24) is 10.2 Å². The number of ether oxygens (including phenoxy) is 1. The number of anilines is 2. The fraction of sp³-hybridized carbons (Fsp3) is 0.167. The first-order valence-corrected chi connectivity index (χ1v) is 9.69. The molecule has 0 bridgehead atoms. The third-order valence-corrected chi connectivity index (χ3v) is 5.27. The Labute approximate surface area is 158 Å². The van der Waals surface area contributed by atoms with Crippen LogP contribution >= 0.6 is 23.1 Å². The zero-order valence-corrected chi connectivity index (χ0v) is 15.6. The summed E-state index contributed by atoms with van der Waals surface area (Å²) >= 11 is 2.64. The van der Waals surface area contributed by atoms with Crippen LogP contribution in [0.4, 0.5) is 15.2 Å². The first-order valence-electron chi connectivity index (χ1n) is 7.89. The molecule has 0 spiro atoms. The van der Waals surface area contributed by atoms with E-state index in [1.54, 1.807) is 36.4 Å². The van der Waals surface area contributed by atoms with Gasteiger partial charge in [-0.15, -0.1) is 10.2 Å². The normalized spacial score (nSPS) is 10.5. The van der Waals surface area contributed by atoms with Crippen LogP contribution in [0, 0.1) is 5.82 Å². The number of thioether (sulfide) groups is 1. The van der Waals surface area contributed by atoms with Crippen LogP contribution in [0.15, 0.2) is 52.9 Å². The zero-order chi connectivity index (χ0) is 18.4. The van der Waals surface area contributed by atoms with E-state index >= 15 is 0 Å². The van der Waals surface area contributed by atoms with Crippen molar-refractivity contribution in [3.63, 3.8) is 0 Å². The summed E-state index contributed by atoms with van der Waals surface area (Å²) in [5.74, 6) is 0.694. The molecule has 3 aromatic rings. The largest absolute Gasteiger partial charge is 0.494 e. The van der Waals surface area contributed by atoms with Crippen molar-refractivity contribution >= 4 is 39.7 Å². The Morgan fingerprint density at radius 2 is 2.04 bits per heavy atom. The topological polar surface area (TPSA) is 64.1 Å². The number of benzene rings is 2. The minimum atomic E-state index is -0.324. The summed E-state index contributed by atoms with van der Waals surface area (Å²) in [5, 5.41) is 11.6. The second kappa shape index (κ2) is 8.77. The molecule has 8 heteroatoms. The predicted octanol–water partition coefficient (Wildman–Crippen LogP) is 4.79. The summed E-state index contributed by atoms with van der Waals surface area (Å²) < 4.78 is 19.2. The Hall–Kier alpha value is -2.45. The van der Waals surface area contributed by atoms with Gasteiger partial charge in [-0.1, -0.05) is 29.2 Å². The molecule has 2 aromatic carbocycles. The van der Waals surface area contributed by atoms with E-state index in [1.165, 1.54) is 35.2 Å². The maximum Gasteiger partial charge on any atom is 0.210 e. The molecular weight excluding hydrogens is 373 g/mol. The summed E-state index contributed by atoms with van der Waals surface area (Å²) in [6.07, 6.45) is 0. The lowest BCUT2D eigenvalue weighted by Crippen LogP contribution is -2.02. The van der Waals surface area contributed by atoms with E-state index in [1.807, 2.05) is 6.92 Å². The van der Waals surface area contributed by atoms with Gasteiger partial charge in [0.1, 0.15) is 11.6 Å². The Morgan fingerprint density at radius 3 is 2.77 bits per heavy atom. The third kappa shape index (κ3) is 5.03. The summed E-state index contributed by atoms with van der Waals surface area (Å²) in [4.78, 5) is 12.3. The minimum absolute atomic E-state index is 0.00730. The van der Waals surface area contributed by atoms with Crippen LogP contribution in [0.5, 0.6) is 5.75 Å². The van der Waals surface area contributed by atoms with Crippen LogP contribution in [-0.2, 0) is 0 Å². The average molecular weight is 389 g/mol. The van der Waals surface area contributed by atoms with E-state index in [9.17, 15) is 9.18 Å². The first kappa shape index (κ1) is 18.3. The monoisotopic (exact) mass is 389 g/mol. The maximum absolute atomic E-state index is 13.2. The Bertz CT molecular complexity index is 884. The summed E-state index contributed by atoms with van der Waals surface area (Å²) in [5.41, 5.74) is 1.23. The molecule has 0 saturated heterocycles. The molecule has 0 radical (unpaired) electrons. The summed E-state index contributed by atoms with van der Waals surface area (Å²) in [6, 6.07) is 13.2. The van der Waals surface area contributed by atoms with Crippen molar-refractivity contribution < 1.29 is 13.9 Å². The molecule has 0 aliphatic rings. The molecule has 1 N–H and O–H groups in total. The van der Waals surface area contributed by atoms with E-state index in [4.69, 9.17) is 4.74 Å². The zero-order valence-electron chi connectivity index (χ0n) is 13.9. The van der Waals surface area contributed by atoms with Crippen molar-refractivity contribution in [2.75, 3.05) is 17.7 Å². The quantitative estimate of drug-likeness (QED) is 0.441. The van der Waals surface area contributed by atoms with E-state index in [-0.39, 0.29) is 17.4 Å². The van der Waals surface area contributed by atoms with E-state index in [2.05, 4.69) is 15.5 Å². The van der Waals surface area contributed by atoms with E-state index < -0.39 is 0 Å². The van der Waals surface area contributed by atoms with Gasteiger partial charge < -0.3 is 10.1 Å². The van der Waals surface area contributed by atoms with Crippen LogP contribution in [0.1, 0.15) is 17.3 Å². The SMILES string of the molecule is CCOc1ccc(C(=O)CSc2nnc(Nc3cccc(F)c3)s2)cc1. The number of nitrogens with zero attached hydrogens (tertiary/aromatic N) is 2. The molecule has 5 nitrogen and oxygen atoms in total. The summed E-state index contributed by atoms with van der Waals surface area (Å²) in [6.45, 7) is 2.50. The number of Topliss-reactive ketones (excluding diaryl/α,β-unsaturated/α-hetero) is 1. The number of hydrogen-bond donors (Lipinski definition) is 1. The fourth-order valence-corrected chi connectivity index (χ4v) is 3.79. The van der Waals surface area contributed by atoms with Gasteiger partial charge in [-0.3, -0.25) is 4.79 Å². The van der Waals surface area contributed by atoms with Crippen molar-refractivity contribution in [2.45, 2.75) is 11.3 Å². The molecule has 0 fully saturated rings. The Balaban J connectivity index is 1.55. The average Bonchev–Trinajstić information content (AvgIpc) is 3.08. The number of ketones is 1. The number of nitrogens with one attached hydrogen (secondary N) is 1. The molecule has 0 unspecified atom stereocenters. The molecule has 3 rings (SSSR count). The molecule has 1 heterocycles. The lowest BCUT2D eigenvalue weighted by atomic mass is 10.1. The fourth-order valence-electron chi connectivity index (χ4n) is 2.12. The van der Waals surface area contributed by atoms with Gasteiger partial charge >= 0.3 is 0 Å². The first-order chi connectivity index (χ1) is 12.6.